The van der Waals surface area contributed by atoms with Crippen LogP contribution in [0.15, 0.2) is 48.5 Å². The van der Waals surface area contributed by atoms with E-state index in [0.717, 1.165) is 17.0 Å². The van der Waals surface area contributed by atoms with Crippen LogP contribution in [0.3, 0.4) is 0 Å². The molecule has 0 aliphatic rings. The lowest BCUT2D eigenvalue weighted by Gasteiger charge is -2.22. The van der Waals surface area contributed by atoms with Gasteiger partial charge in [0.1, 0.15) is 5.82 Å². The summed E-state index contributed by atoms with van der Waals surface area (Å²) in [4.78, 5) is 12.0. The van der Waals surface area contributed by atoms with E-state index in [1.165, 1.54) is 23.8 Å². The van der Waals surface area contributed by atoms with Crippen molar-refractivity contribution in [2.24, 2.45) is 0 Å². The fourth-order valence-electron chi connectivity index (χ4n) is 2.55. The Morgan fingerprint density at radius 1 is 1.12 bits per heavy atom. The van der Waals surface area contributed by atoms with Crippen molar-refractivity contribution in [3.8, 4) is 0 Å². The number of anilines is 2. The minimum Gasteiger partial charge on any atom is -0.326 e. The van der Waals surface area contributed by atoms with Crippen LogP contribution >= 0.6 is 0 Å². The maximum atomic E-state index is 13.9. The van der Waals surface area contributed by atoms with Crippen molar-refractivity contribution in [2.75, 3.05) is 22.4 Å². The first-order chi connectivity index (χ1) is 12.3. The first-order valence-electron chi connectivity index (χ1n) is 8.42. The summed E-state index contributed by atoms with van der Waals surface area (Å²) in [7, 11) is -3.64. The molecule has 0 fully saturated rings. The quantitative estimate of drug-likeness (QED) is 0.764. The fourth-order valence-corrected chi connectivity index (χ4v) is 3.52. The van der Waals surface area contributed by atoms with Crippen molar-refractivity contribution >= 4 is 27.3 Å². The van der Waals surface area contributed by atoms with Crippen molar-refractivity contribution in [1.29, 1.82) is 0 Å². The molecular formula is C19H23FN2O3S. The lowest BCUT2D eigenvalue weighted by molar-refractivity contribution is -0.116. The summed E-state index contributed by atoms with van der Waals surface area (Å²) in [5.74, 6) is -0.824. The minimum absolute atomic E-state index is 0.00874. The van der Waals surface area contributed by atoms with Gasteiger partial charge >= 0.3 is 0 Å². The van der Waals surface area contributed by atoms with Gasteiger partial charge in [-0.25, -0.2) is 12.8 Å². The van der Waals surface area contributed by atoms with Crippen LogP contribution in [0.25, 0.3) is 0 Å². The molecule has 0 bridgehead atoms. The molecule has 1 amide bonds. The molecule has 7 heteroatoms. The fraction of sp³-hybridized carbons (Fsp3) is 0.316. The maximum Gasteiger partial charge on any atom is 0.232 e. The van der Waals surface area contributed by atoms with Crippen molar-refractivity contribution in [2.45, 2.75) is 26.2 Å². The zero-order valence-electron chi connectivity index (χ0n) is 14.9. The van der Waals surface area contributed by atoms with E-state index in [1.54, 1.807) is 6.07 Å². The normalized spacial score (nSPS) is 11.2. The number of benzene rings is 2. The van der Waals surface area contributed by atoms with Crippen LogP contribution in [0.5, 0.6) is 0 Å². The van der Waals surface area contributed by atoms with E-state index in [0.29, 0.717) is 5.69 Å². The second kappa shape index (κ2) is 8.80. The van der Waals surface area contributed by atoms with Gasteiger partial charge in [0.25, 0.3) is 0 Å². The van der Waals surface area contributed by atoms with Crippen LogP contribution in [-0.2, 0) is 21.2 Å². The number of para-hydroxylation sites is 1. The topological polar surface area (TPSA) is 66.5 Å². The molecule has 0 unspecified atom stereocenters. The highest BCUT2D eigenvalue weighted by atomic mass is 32.2. The molecule has 0 aromatic heterocycles. The molecule has 2 rings (SSSR count). The Kier molecular flexibility index (Phi) is 6.74. The van der Waals surface area contributed by atoms with E-state index in [1.807, 2.05) is 24.3 Å². The van der Waals surface area contributed by atoms with E-state index in [9.17, 15) is 17.6 Å². The zero-order valence-corrected chi connectivity index (χ0v) is 15.7. The summed E-state index contributed by atoms with van der Waals surface area (Å²) < 4.78 is 38.9. The number of sulfonamides is 1. The maximum absolute atomic E-state index is 13.9. The minimum atomic E-state index is -3.64. The molecular weight excluding hydrogens is 355 g/mol. The molecule has 0 spiro atoms. The molecule has 0 saturated heterocycles. The Labute approximate surface area is 153 Å². The zero-order chi connectivity index (χ0) is 19.2. The van der Waals surface area contributed by atoms with Gasteiger partial charge in [0.05, 0.1) is 11.9 Å². The summed E-state index contributed by atoms with van der Waals surface area (Å²) >= 11 is 0. The molecule has 0 atom stereocenters. The third-order valence-electron chi connectivity index (χ3n) is 3.93. The van der Waals surface area contributed by atoms with Crippen molar-refractivity contribution in [3.05, 3.63) is 59.9 Å². The largest absolute Gasteiger partial charge is 0.326 e. The third-order valence-corrected chi connectivity index (χ3v) is 5.11. The summed E-state index contributed by atoms with van der Waals surface area (Å²) in [6.07, 6.45) is 2.36. The average Bonchev–Trinajstić information content (AvgIpc) is 2.59. The van der Waals surface area contributed by atoms with E-state index >= 15 is 0 Å². The average molecular weight is 378 g/mol. The van der Waals surface area contributed by atoms with E-state index in [-0.39, 0.29) is 31.0 Å². The van der Waals surface area contributed by atoms with Gasteiger partial charge < -0.3 is 5.32 Å². The Hall–Kier alpha value is -2.41. The highest BCUT2D eigenvalue weighted by Gasteiger charge is 2.20. The lowest BCUT2D eigenvalue weighted by atomic mass is 10.1. The van der Waals surface area contributed by atoms with Gasteiger partial charge in [0, 0.05) is 18.7 Å². The molecule has 140 valence electrons. The molecule has 0 aliphatic carbocycles. The van der Waals surface area contributed by atoms with Gasteiger partial charge in [0.15, 0.2) is 0 Å². The standard InChI is InChI=1S/C19H23FN2O3S/c1-3-15-10-12-16(13-11-15)21-19(23)9-6-14-22(26(2,24)25)18-8-5-4-7-17(18)20/h4-5,7-8,10-13H,3,6,9,14H2,1-2H3,(H,21,23). The number of nitrogens with zero attached hydrogens (tertiary/aromatic N) is 1. The third kappa shape index (κ3) is 5.56. The number of carbonyl (C=O) groups excluding carboxylic acids is 1. The molecule has 2 aromatic carbocycles. The Balaban J connectivity index is 1.94. The van der Waals surface area contributed by atoms with Gasteiger partial charge in [-0.15, -0.1) is 0 Å². The molecule has 1 N–H and O–H groups in total. The summed E-state index contributed by atoms with van der Waals surface area (Å²) in [6, 6.07) is 13.2. The molecule has 2 aromatic rings. The van der Waals surface area contributed by atoms with Crippen LogP contribution in [0.1, 0.15) is 25.3 Å². The summed E-state index contributed by atoms with van der Waals surface area (Å²) in [5.41, 5.74) is 1.86. The smallest absolute Gasteiger partial charge is 0.232 e. The molecule has 26 heavy (non-hydrogen) atoms. The number of nitrogens with one attached hydrogen (secondary N) is 1. The first kappa shape index (κ1) is 19.9. The molecule has 0 heterocycles. The highest BCUT2D eigenvalue weighted by Crippen LogP contribution is 2.22. The van der Waals surface area contributed by atoms with Crippen LogP contribution in [0.2, 0.25) is 0 Å². The highest BCUT2D eigenvalue weighted by molar-refractivity contribution is 7.92. The van der Waals surface area contributed by atoms with Gasteiger partial charge in [-0.1, -0.05) is 31.2 Å². The second-order valence-corrected chi connectivity index (χ2v) is 7.90. The van der Waals surface area contributed by atoms with Crippen molar-refractivity contribution in [3.63, 3.8) is 0 Å². The van der Waals surface area contributed by atoms with Crippen molar-refractivity contribution in [1.82, 2.24) is 0 Å². The first-order valence-corrected chi connectivity index (χ1v) is 10.3. The van der Waals surface area contributed by atoms with E-state index in [4.69, 9.17) is 0 Å². The number of amides is 1. The van der Waals surface area contributed by atoms with E-state index in [2.05, 4.69) is 12.2 Å². The monoisotopic (exact) mass is 378 g/mol. The van der Waals surface area contributed by atoms with Crippen LogP contribution in [-0.4, -0.2) is 27.1 Å². The SMILES string of the molecule is CCc1ccc(NC(=O)CCCN(c2ccccc2F)S(C)(=O)=O)cc1. The van der Waals surface area contributed by atoms with Gasteiger partial charge in [0.2, 0.25) is 15.9 Å². The predicted octanol–water partition coefficient (Wildman–Crippen LogP) is 3.57. The summed E-state index contributed by atoms with van der Waals surface area (Å²) in [6.45, 7) is 2.08. The Morgan fingerprint density at radius 2 is 1.77 bits per heavy atom. The number of hydrogen-bond acceptors (Lipinski definition) is 3. The number of carbonyl (C=O) groups is 1. The lowest BCUT2D eigenvalue weighted by Crippen LogP contribution is -2.32. The van der Waals surface area contributed by atoms with Gasteiger partial charge in [-0.2, -0.15) is 0 Å². The molecule has 0 radical (unpaired) electrons. The second-order valence-electron chi connectivity index (χ2n) is 5.99. The molecule has 0 aliphatic heterocycles. The predicted molar refractivity (Wildman–Crippen MR) is 102 cm³/mol. The number of aryl methyl sites for hydroxylation is 1. The Morgan fingerprint density at radius 3 is 2.35 bits per heavy atom. The molecule has 5 nitrogen and oxygen atoms in total. The van der Waals surface area contributed by atoms with Gasteiger partial charge in [-0.05, 0) is 42.7 Å². The van der Waals surface area contributed by atoms with E-state index < -0.39 is 15.8 Å². The van der Waals surface area contributed by atoms with Gasteiger partial charge in [-0.3, -0.25) is 9.10 Å². The molecule has 0 saturated carbocycles. The van der Waals surface area contributed by atoms with Crippen LogP contribution in [0.4, 0.5) is 15.8 Å². The number of hydrogen-bond donors (Lipinski definition) is 1. The number of halogens is 1. The van der Waals surface area contributed by atoms with Crippen LogP contribution in [0, 0.1) is 5.82 Å². The summed E-state index contributed by atoms with van der Waals surface area (Å²) in [5, 5.41) is 2.78. The van der Waals surface area contributed by atoms with Crippen molar-refractivity contribution < 1.29 is 17.6 Å². The van der Waals surface area contributed by atoms with Crippen LogP contribution < -0.4 is 9.62 Å². The number of rotatable bonds is 8. The Bertz CT molecular complexity index is 851.